The molecule has 18 heavy (non-hydrogen) atoms. The minimum Gasteiger partial charge on any atom is -0.347 e. The maximum Gasteiger partial charge on any atom is 0.251 e. The largest absolute Gasteiger partial charge is 0.347 e. The van der Waals surface area contributed by atoms with Crippen molar-refractivity contribution in [2.75, 3.05) is 6.54 Å². The Morgan fingerprint density at radius 2 is 2.11 bits per heavy atom. The average Bonchev–Trinajstić information content (AvgIpc) is 2.24. The first-order chi connectivity index (χ1) is 8.21. The zero-order valence-corrected chi connectivity index (χ0v) is 12.1. The maximum absolute atomic E-state index is 11.7. The summed E-state index contributed by atoms with van der Waals surface area (Å²) in [6.45, 7) is 5.45. The number of rotatable bonds is 4. The van der Waals surface area contributed by atoms with Gasteiger partial charge >= 0.3 is 0 Å². The summed E-state index contributed by atoms with van der Waals surface area (Å²) in [5.41, 5.74) is 0.734. The molecule has 0 saturated heterocycles. The Balaban J connectivity index is 3.06. The highest BCUT2D eigenvalue weighted by Crippen LogP contribution is 2.15. The quantitative estimate of drug-likeness (QED) is 0.870. The van der Waals surface area contributed by atoms with Crippen LogP contribution in [0.5, 0.6) is 0 Å². The van der Waals surface area contributed by atoms with E-state index in [9.17, 15) is 13.2 Å². The van der Waals surface area contributed by atoms with Gasteiger partial charge in [0, 0.05) is 16.6 Å². The van der Waals surface area contributed by atoms with Crippen molar-refractivity contribution in [1.29, 1.82) is 0 Å². The number of primary sulfonamides is 1. The zero-order valence-electron chi connectivity index (χ0n) is 9.73. The topological polar surface area (TPSA) is 89.3 Å². The van der Waals surface area contributed by atoms with Gasteiger partial charge in [-0.3, -0.25) is 4.79 Å². The molecule has 5 nitrogen and oxygen atoms in total. The Bertz CT molecular complexity index is 596. The Labute approximate surface area is 114 Å². The van der Waals surface area contributed by atoms with E-state index in [2.05, 4.69) is 27.8 Å². The van der Waals surface area contributed by atoms with Crippen LogP contribution in [-0.4, -0.2) is 20.9 Å². The average molecular weight is 333 g/mol. The van der Waals surface area contributed by atoms with Crippen LogP contribution in [0.25, 0.3) is 0 Å². The third-order valence-electron chi connectivity index (χ3n) is 2.20. The number of carbonyl (C=O) groups is 1. The summed E-state index contributed by atoms with van der Waals surface area (Å²) < 4.78 is 23.3. The molecule has 1 amide bonds. The Hall–Kier alpha value is -1.18. The molecule has 0 spiro atoms. The first kappa shape index (κ1) is 14.9. The highest BCUT2D eigenvalue weighted by molar-refractivity contribution is 9.11. The van der Waals surface area contributed by atoms with Gasteiger partial charge in [0.15, 0.2) is 0 Å². The summed E-state index contributed by atoms with van der Waals surface area (Å²) in [7, 11) is -3.83. The Morgan fingerprint density at radius 1 is 1.50 bits per heavy atom. The monoisotopic (exact) mass is 332 g/mol. The minimum absolute atomic E-state index is 0.0483. The lowest BCUT2D eigenvalue weighted by molar-refractivity contribution is 0.0957. The van der Waals surface area contributed by atoms with Crippen molar-refractivity contribution in [3.63, 3.8) is 0 Å². The van der Waals surface area contributed by atoms with E-state index in [1.165, 1.54) is 18.2 Å². The van der Waals surface area contributed by atoms with Gasteiger partial charge in [-0.05, 0) is 24.6 Å². The molecule has 0 aliphatic carbocycles. The van der Waals surface area contributed by atoms with E-state index in [0.717, 1.165) is 0 Å². The fraction of sp³-hybridized carbons (Fsp3) is 0.182. The van der Waals surface area contributed by atoms with Crippen LogP contribution in [0.2, 0.25) is 0 Å². The van der Waals surface area contributed by atoms with Gasteiger partial charge in [0.1, 0.15) is 0 Å². The first-order valence-corrected chi connectivity index (χ1v) is 7.30. The van der Waals surface area contributed by atoms with Crippen molar-refractivity contribution < 1.29 is 13.2 Å². The minimum atomic E-state index is -3.83. The van der Waals surface area contributed by atoms with E-state index < -0.39 is 10.0 Å². The van der Waals surface area contributed by atoms with E-state index in [0.29, 0.717) is 10.0 Å². The molecule has 0 radical (unpaired) electrons. The molecule has 0 fully saturated rings. The molecule has 7 heteroatoms. The molecule has 1 rings (SSSR count). The molecular formula is C11H13BrN2O3S. The van der Waals surface area contributed by atoms with Crippen molar-refractivity contribution in [3.05, 3.63) is 40.4 Å². The van der Waals surface area contributed by atoms with Gasteiger partial charge < -0.3 is 5.32 Å². The number of nitrogens with two attached hydrogens (primary N) is 1. The fourth-order valence-corrected chi connectivity index (χ4v) is 2.27. The summed E-state index contributed by atoms with van der Waals surface area (Å²) in [5.74, 6) is -0.388. The van der Waals surface area contributed by atoms with Crippen LogP contribution in [0, 0.1) is 6.92 Å². The normalized spacial score (nSPS) is 11.1. The summed E-state index contributed by atoms with van der Waals surface area (Å²) in [6, 6.07) is 4.34. The standard InChI is InChI=1S/C11H13BrN2O3S/c1-7-3-4-9(5-10(7)18(13,16)17)11(15)14-6-8(2)12/h3-5H,2,6H2,1H3,(H,14,15)(H2,13,16,17). The van der Waals surface area contributed by atoms with Gasteiger partial charge in [-0.15, -0.1) is 0 Å². The number of halogens is 1. The van der Waals surface area contributed by atoms with Crippen LogP contribution in [0.1, 0.15) is 15.9 Å². The van der Waals surface area contributed by atoms with Gasteiger partial charge in [0.2, 0.25) is 10.0 Å². The summed E-state index contributed by atoms with van der Waals surface area (Å²) >= 11 is 3.11. The molecule has 0 unspecified atom stereocenters. The molecule has 0 aromatic heterocycles. The third-order valence-corrected chi connectivity index (χ3v) is 3.53. The molecule has 0 heterocycles. The van der Waals surface area contributed by atoms with Gasteiger partial charge in [-0.1, -0.05) is 28.6 Å². The van der Waals surface area contributed by atoms with Gasteiger partial charge in [-0.25, -0.2) is 13.6 Å². The third kappa shape index (κ3) is 3.94. The molecule has 1 aromatic rings. The Morgan fingerprint density at radius 3 is 2.61 bits per heavy atom. The summed E-state index contributed by atoms with van der Waals surface area (Å²) in [6.07, 6.45) is 0. The summed E-state index contributed by atoms with van der Waals surface area (Å²) in [4.78, 5) is 11.7. The van der Waals surface area contributed by atoms with Crippen LogP contribution in [-0.2, 0) is 10.0 Å². The van der Waals surface area contributed by atoms with Gasteiger partial charge in [0.25, 0.3) is 5.91 Å². The van der Waals surface area contributed by atoms with Crippen molar-refractivity contribution in [1.82, 2.24) is 5.32 Å². The lowest BCUT2D eigenvalue weighted by Crippen LogP contribution is -2.25. The first-order valence-electron chi connectivity index (χ1n) is 4.96. The van der Waals surface area contributed by atoms with Crippen LogP contribution in [0.3, 0.4) is 0 Å². The molecular weight excluding hydrogens is 320 g/mol. The van der Waals surface area contributed by atoms with Crippen LogP contribution >= 0.6 is 15.9 Å². The smallest absolute Gasteiger partial charge is 0.251 e. The molecule has 0 saturated carbocycles. The number of benzene rings is 1. The van der Waals surface area contributed by atoms with Crippen molar-refractivity contribution in [2.24, 2.45) is 5.14 Å². The zero-order chi connectivity index (χ0) is 13.9. The highest BCUT2D eigenvalue weighted by Gasteiger charge is 2.14. The predicted octanol–water partition coefficient (Wildman–Crippen LogP) is 1.28. The number of carbonyl (C=O) groups excluding carboxylic acids is 1. The van der Waals surface area contributed by atoms with Crippen LogP contribution in [0.4, 0.5) is 0 Å². The fourth-order valence-electron chi connectivity index (χ4n) is 1.33. The highest BCUT2D eigenvalue weighted by atomic mass is 79.9. The van der Waals surface area contributed by atoms with E-state index in [-0.39, 0.29) is 22.9 Å². The van der Waals surface area contributed by atoms with Crippen molar-refractivity contribution in [3.8, 4) is 0 Å². The second-order valence-corrected chi connectivity index (χ2v) is 6.38. The van der Waals surface area contributed by atoms with Crippen molar-refractivity contribution >= 4 is 31.9 Å². The lowest BCUT2D eigenvalue weighted by atomic mass is 10.1. The number of sulfonamides is 1. The van der Waals surface area contributed by atoms with Crippen LogP contribution in [0.15, 0.2) is 34.2 Å². The SMILES string of the molecule is C=C(Br)CNC(=O)c1ccc(C)c(S(N)(=O)=O)c1. The summed E-state index contributed by atoms with van der Waals surface area (Å²) in [5, 5.41) is 7.64. The number of aryl methyl sites for hydroxylation is 1. The molecule has 0 atom stereocenters. The van der Waals surface area contributed by atoms with E-state index >= 15 is 0 Å². The molecule has 0 bridgehead atoms. The molecule has 98 valence electrons. The van der Waals surface area contributed by atoms with E-state index in [1.54, 1.807) is 6.92 Å². The lowest BCUT2D eigenvalue weighted by Gasteiger charge is -2.07. The van der Waals surface area contributed by atoms with Crippen LogP contribution < -0.4 is 10.5 Å². The van der Waals surface area contributed by atoms with E-state index in [4.69, 9.17) is 5.14 Å². The maximum atomic E-state index is 11.7. The number of hydrogen-bond acceptors (Lipinski definition) is 3. The molecule has 3 N–H and O–H groups in total. The second kappa shape index (κ2) is 5.64. The van der Waals surface area contributed by atoms with E-state index in [1.807, 2.05) is 0 Å². The second-order valence-electron chi connectivity index (χ2n) is 3.73. The van der Waals surface area contributed by atoms with Crippen molar-refractivity contribution in [2.45, 2.75) is 11.8 Å². The molecule has 0 aliphatic rings. The number of nitrogens with one attached hydrogen (secondary N) is 1. The number of hydrogen-bond donors (Lipinski definition) is 2. The predicted molar refractivity (Wildman–Crippen MR) is 73.0 cm³/mol. The Kier molecular flexibility index (Phi) is 4.66. The number of amides is 1. The molecule has 1 aromatic carbocycles. The van der Waals surface area contributed by atoms with Gasteiger partial charge in [-0.2, -0.15) is 0 Å². The van der Waals surface area contributed by atoms with Gasteiger partial charge in [0.05, 0.1) is 4.90 Å². The molecule has 0 aliphatic heterocycles.